The van der Waals surface area contributed by atoms with Crippen LogP contribution in [0.3, 0.4) is 0 Å². The number of anilines is 6. The third kappa shape index (κ3) is 8.02. The number of para-hydroxylation sites is 2. The number of fused-ring (bicyclic) bond motifs is 10. The lowest BCUT2D eigenvalue weighted by molar-refractivity contribution is 0.660. The second-order valence-corrected chi connectivity index (χ2v) is 25.2. The Kier molecular flexibility index (Phi) is 11.7. The molecule has 2 aliphatic rings. The minimum atomic E-state index is -0.208. The number of hydrogen-bond acceptors (Lipinski definition) is 2. The van der Waals surface area contributed by atoms with Gasteiger partial charge in [0.05, 0.1) is 11.4 Å². The van der Waals surface area contributed by atoms with E-state index in [0.717, 1.165) is 22.7 Å². The molecular weight excluding hydrogens is 1060 g/mol. The molecule has 0 bridgehead atoms. The summed E-state index contributed by atoms with van der Waals surface area (Å²) in [7, 11) is 0. The molecule has 0 saturated carbocycles. The third-order valence-corrected chi connectivity index (χ3v) is 19.6. The van der Waals surface area contributed by atoms with E-state index in [9.17, 15) is 0 Å². The van der Waals surface area contributed by atoms with Crippen LogP contribution in [0, 0.1) is 0 Å². The number of benzene rings is 15. The first kappa shape index (κ1) is 51.6. The van der Waals surface area contributed by atoms with Crippen LogP contribution in [0.2, 0.25) is 0 Å². The summed E-state index contributed by atoms with van der Waals surface area (Å²) < 4.78 is 0. The molecule has 2 heteroatoms. The van der Waals surface area contributed by atoms with Crippen molar-refractivity contribution in [3.8, 4) is 22.3 Å². The van der Waals surface area contributed by atoms with Crippen LogP contribution in [0.1, 0.15) is 72.2 Å². The Morgan fingerprint density at radius 2 is 0.591 bits per heavy atom. The topological polar surface area (TPSA) is 6.48 Å². The van der Waals surface area contributed by atoms with Crippen LogP contribution >= 0.6 is 0 Å². The molecule has 15 aromatic carbocycles. The van der Waals surface area contributed by atoms with Gasteiger partial charge >= 0.3 is 0 Å². The highest BCUT2D eigenvalue weighted by atomic mass is 15.1. The summed E-state index contributed by atoms with van der Waals surface area (Å²) in [5.41, 5.74) is 22.0. The lowest BCUT2D eigenvalue weighted by atomic mass is 9.81. The SMILES string of the molecule is CC1(C)c2cc(C=Cc3ccc4c5cccc6c(C=Cc7ccc8c(c7)C(C)(C)c7cc(N(c9ccccc9)c9cccc%10ccccc9%10)ccc7-8)ccc(c7cccc3c74)c65)ccc2-c2ccc(N(c3ccccc3)c3cccc4ccccc34)cc21. The molecule has 0 heterocycles. The van der Waals surface area contributed by atoms with Crippen LogP contribution in [-0.4, -0.2) is 0 Å². The van der Waals surface area contributed by atoms with Gasteiger partial charge in [-0.25, -0.2) is 0 Å². The fraction of sp³-hybridized carbons (Fsp3) is 0.0698. The molecule has 0 spiro atoms. The quantitative estimate of drug-likeness (QED) is 0.0765. The van der Waals surface area contributed by atoms with Crippen molar-refractivity contribution in [1.82, 2.24) is 0 Å². The van der Waals surface area contributed by atoms with Gasteiger partial charge < -0.3 is 9.80 Å². The maximum atomic E-state index is 2.43. The summed E-state index contributed by atoms with van der Waals surface area (Å²) in [6.07, 6.45) is 9.28. The van der Waals surface area contributed by atoms with E-state index in [-0.39, 0.29) is 10.8 Å². The van der Waals surface area contributed by atoms with E-state index in [0.29, 0.717) is 0 Å². The van der Waals surface area contributed by atoms with E-state index in [2.05, 4.69) is 341 Å². The molecule has 0 amide bonds. The maximum absolute atomic E-state index is 2.43. The highest BCUT2D eigenvalue weighted by Gasteiger charge is 2.38. The van der Waals surface area contributed by atoms with Gasteiger partial charge in [0.2, 0.25) is 0 Å². The Hall–Kier alpha value is -10.8. The summed E-state index contributed by atoms with van der Waals surface area (Å²) in [5.74, 6) is 0. The van der Waals surface area contributed by atoms with Gasteiger partial charge in [-0.3, -0.25) is 0 Å². The minimum Gasteiger partial charge on any atom is -0.310 e. The minimum absolute atomic E-state index is 0.208. The molecule has 0 N–H and O–H groups in total. The zero-order valence-corrected chi connectivity index (χ0v) is 49.8. The molecule has 0 radical (unpaired) electrons. The third-order valence-electron chi connectivity index (χ3n) is 19.6. The van der Waals surface area contributed by atoms with Gasteiger partial charge in [0.1, 0.15) is 0 Å². The maximum Gasteiger partial charge on any atom is 0.0540 e. The van der Waals surface area contributed by atoms with Crippen molar-refractivity contribution in [2.45, 2.75) is 38.5 Å². The van der Waals surface area contributed by atoms with Crippen LogP contribution < -0.4 is 9.80 Å². The molecule has 88 heavy (non-hydrogen) atoms. The van der Waals surface area contributed by atoms with Gasteiger partial charge in [0.15, 0.2) is 0 Å². The van der Waals surface area contributed by atoms with Crippen molar-refractivity contribution in [2.24, 2.45) is 0 Å². The Bertz CT molecular complexity index is 5020. The number of rotatable bonds is 10. The Labute approximate surface area is 514 Å². The van der Waals surface area contributed by atoms with Crippen LogP contribution in [0.15, 0.2) is 279 Å². The molecule has 2 aliphatic carbocycles. The van der Waals surface area contributed by atoms with Crippen molar-refractivity contribution in [1.29, 1.82) is 0 Å². The van der Waals surface area contributed by atoms with Crippen molar-refractivity contribution >= 4 is 123 Å². The average Bonchev–Trinajstić information content (AvgIpc) is 1.26. The summed E-state index contributed by atoms with van der Waals surface area (Å²) in [5, 5.41) is 15.2. The standard InChI is InChI=1S/C86H62N2/c1-85(2)77-51-55(37-45-69(77)71-49-43-63(53-79(71)85)87(61-23-7-5-8-24-61)81-33-15-21-57-19-11-13-27-65(57)81)35-39-59-41-47-75-74-32-18-30-68-60(42-48-76(84(68)74)73-31-17-29-67(59)83(73)75)40-36-56-38-46-70-72-50-44-64(54-80(72)86(3,4)78(70)52-56)88(62-25-9-6-10-26-62)82-34-16-22-58-20-12-14-28-66(58)82/h5-54H,1-4H3. The van der Waals surface area contributed by atoms with E-state index in [1.54, 1.807) is 0 Å². The predicted octanol–water partition coefficient (Wildman–Crippen LogP) is 23.9. The first-order valence-corrected chi connectivity index (χ1v) is 30.9. The molecule has 416 valence electrons. The molecule has 17 rings (SSSR count). The monoisotopic (exact) mass is 1120 g/mol. The zero-order chi connectivity index (χ0) is 58.8. The van der Waals surface area contributed by atoms with Gasteiger partial charge in [-0.1, -0.05) is 270 Å². The second-order valence-electron chi connectivity index (χ2n) is 25.2. The molecule has 0 aliphatic heterocycles. The van der Waals surface area contributed by atoms with Crippen molar-refractivity contribution in [2.75, 3.05) is 9.80 Å². The molecule has 0 aromatic heterocycles. The lowest BCUT2D eigenvalue weighted by Crippen LogP contribution is -2.16. The Morgan fingerprint density at radius 3 is 1.03 bits per heavy atom. The summed E-state index contributed by atoms with van der Waals surface area (Å²) in [6.45, 7) is 9.56. The number of nitrogens with zero attached hydrogens (tertiary/aromatic N) is 2. The van der Waals surface area contributed by atoms with E-state index in [1.165, 1.54) is 143 Å². The van der Waals surface area contributed by atoms with E-state index >= 15 is 0 Å². The smallest absolute Gasteiger partial charge is 0.0540 e. The second kappa shape index (κ2) is 19.9. The predicted molar refractivity (Wildman–Crippen MR) is 378 cm³/mol. The van der Waals surface area contributed by atoms with Crippen molar-refractivity contribution < 1.29 is 0 Å². The van der Waals surface area contributed by atoms with Crippen molar-refractivity contribution in [3.05, 3.63) is 324 Å². The zero-order valence-electron chi connectivity index (χ0n) is 49.8. The molecular formula is C86H62N2. The normalized spacial score (nSPS) is 13.8. The summed E-state index contributed by atoms with van der Waals surface area (Å²) >= 11 is 0. The van der Waals surface area contributed by atoms with Crippen LogP contribution in [0.5, 0.6) is 0 Å². The lowest BCUT2D eigenvalue weighted by Gasteiger charge is -2.29. The molecule has 0 saturated heterocycles. The van der Waals surface area contributed by atoms with Gasteiger partial charge in [-0.2, -0.15) is 0 Å². The highest BCUT2D eigenvalue weighted by molar-refractivity contribution is 6.34. The van der Waals surface area contributed by atoms with Crippen LogP contribution in [-0.2, 0) is 10.8 Å². The van der Waals surface area contributed by atoms with Gasteiger partial charge in [-0.15, -0.1) is 0 Å². The summed E-state index contributed by atoms with van der Waals surface area (Å²) in [6, 6.07) is 104. The Balaban J connectivity index is 0.670. The summed E-state index contributed by atoms with van der Waals surface area (Å²) in [4.78, 5) is 4.84. The van der Waals surface area contributed by atoms with E-state index in [1.807, 2.05) is 0 Å². The Morgan fingerprint density at radius 1 is 0.250 bits per heavy atom. The molecule has 2 nitrogen and oxygen atoms in total. The van der Waals surface area contributed by atoms with E-state index < -0.39 is 0 Å². The molecule has 0 unspecified atom stereocenters. The van der Waals surface area contributed by atoms with Crippen LogP contribution in [0.4, 0.5) is 34.1 Å². The molecule has 15 aromatic rings. The first-order chi connectivity index (χ1) is 43.2. The number of hydrogen-bond donors (Lipinski definition) is 0. The fourth-order valence-corrected chi connectivity index (χ4v) is 15.2. The van der Waals surface area contributed by atoms with Gasteiger partial charge in [0, 0.05) is 44.4 Å². The van der Waals surface area contributed by atoms with E-state index in [4.69, 9.17) is 0 Å². The average molecular weight is 1120 g/mol. The molecule has 0 atom stereocenters. The largest absolute Gasteiger partial charge is 0.310 e. The van der Waals surface area contributed by atoms with Gasteiger partial charge in [-0.05, 0) is 181 Å². The first-order valence-electron chi connectivity index (χ1n) is 30.9. The van der Waals surface area contributed by atoms with Gasteiger partial charge in [0.25, 0.3) is 0 Å². The van der Waals surface area contributed by atoms with Crippen molar-refractivity contribution in [3.63, 3.8) is 0 Å². The van der Waals surface area contributed by atoms with Crippen LogP contribution in [0.25, 0.3) is 111 Å². The fourth-order valence-electron chi connectivity index (χ4n) is 15.2. The molecule has 0 fully saturated rings. The highest BCUT2D eigenvalue weighted by Crippen LogP contribution is 2.54.